The summed E-state index contributed by atoms with van der Waals surface area (Å²) < 4.78 is 0. The van der Waals surface area contributed by atoms with Crippen LogP contribution >= 0.6 is 11.8 Å². The molecule has 0 bridgehead atoms. The minimum Gasteiger partial charge on any atom is -0.313 e. The topological polar surface area (TPSA) is 12.0 Å². The van der Waals surface area contributed by atoms with E-state index in [1.807, 2.05) is 0 Å². The molecule has 1 nitrogen and oxygen atoms in total. The number of hydrogen-bond acceptors (Lipinski definition) is 2. The van der Waals surface area contributed by atoms with Crippen LogP contribution < -0.4 is 5.32 Å². The molecule has 0 aliphatic heterocycles. The van der Waals surface area contributed by atoms with Crippen LogP contribution in [0.3, 0.4) is 0 Å². The summed E-state index contributed by atoms with van der Waals surface area (Å²) in [6.07, 6.45) is 5.79. The molecule has 1 aliphatic rings. The summed E-state index contributed by atoms with van der Waals surface area (Å²) in [5.41, 5.74) is 0. The molecular formula is C15H31NS. The number of thioether (sulfide) groups is 1. The molecule has 102 valence electrons. The molecule has 0 aromatic heterocycles. The molecule has 2 heteroatoms. The molecule has 0 spiro atoms. The highest BCUT2D eigenvalue weighted by molar-refractivity contribution is 7.99. The lowest BCUT2D eigenvalue weighted by molar-refractivity contribution is 0.235. The Labute approximate surface area is 113 Å². The third kappa shape index (κ3) is 6.15. The fourth-order valence-corrected chi connectivity index (χ4v) is 4.15. The van der Waals surface area contributed by atoms with Crippen molar-refractivity contribution in [3.8, 4) is 0 Å². The van der Waals surface area contributed by atoms with Crippen LogP contribution in [-0.4, -0.2) is 24.1 Å². The maximum Gasteiger partial charge on any atom is 0.0186 e. The third-order valence-electron chi connectivity index (χ3n) is 3.76. The molecule has 3 atom stereocenters. The molecule has 0 amide bonds. The summed E-state index contributed by atoms with van der Waals surface area (Å²) >= 11 is 2.14. The van der Waals surface area contributed by atoms with Gasteiger partial charge in [-0.25, -0.2) is 0 Å². The zero-order valence-corrected chi connectivity index (χ0v) is 13.0. The standard InChI is InChI=1S/C15H31NS/c1-5-16-15(11-17-10-12(2)3)14-8-6-7-13(4)9-14/h12-16H,5-11H2,1-4H3. The highest BCUT2D eigenvalue weighted by Crippen LogP contribution is 2.32. The van der Waals surface area contributed by atoms with E-state index >= 15 is 0 Å². The van der Waals surface area contributed by atoms with Gasteiger partial charge in [-0.05, 0) is 42.9 Å². The molecule has 1 N–H and O–H groups in total. The molecule has 0 heterocycles. The molecule has 0 saturated heterocycles. The summed E-state index contributed by atoms with van der Waals surface area (Å²) in [6.45, 7) is 10.4. The second kappa shape index (κ2) is 8.42. The van der Waals surface area contributed by atoms with Gasteiger partial charge in [-0.3, -0.25) is 0 Å². The van der Waals surface area contributed by atoms with Gasteiger partial charge in [0.1, 0.15) is 0 Å². The van der Waals surface area contributed by atoms with Crippen molar-refractivity contribution >= 4 is 11.8 Å². The Hall–Kier alpha value is 0.310. The summed E-state index contributed by atoms with van der Waals surface area (Å²) in [5.74, 6) is 5.32. The molecule has 1 rings (SSSR count). The summed E-state index contributed by atoms with van der Waals surface area (Å²) in [6, 6.07) is 0.756. The lowest BCUT2D eigenvalue weighted by atomic mass is 9.79. The quantitative estimate of drug-likeness (QED) is 0.734. The van der Waals surface area contributed by atoms with Crippen molar-refractivity contribution in [1.29, 1.82) is 0 Å². The lowest BCUT2D eigenvalue weighted by Crippen LogP contribution is -2.40. The van der Waals surface area contributed by atoms with E-state index in [9.17, 15) is 0 Å². The Morgan fingerprint density at radius 3 is 2.59 bits per heavy atom. The van der Waals surface area contributed by atoms with Crippen LogP contribution in [0.25, 0.3) is 0 Å². The summed E-state index contributed by atoms with van der Waals surface area (Å²) in [7, 11) is 0. The maximum atomic E-state index is 3.73. The van der Waals surface area contributed by atoms with E-state index in [0.717, 1.165) is 30.3 Å². The van der Waals surface area contributed by atoms with Gasteiger partial charge in [0, 0.05) is 11.8 Å². The van der Waals surface area contributed by atoms with Crippen LogP contribution in [0.4, 0.5) is 0 Å². The average molecular weight is 257 g/mol. The van der Waals surface area contributed by atoms with Crippen LogP contribution in [0, 0.1) is 17.8 Å². The second-order valence-electron chi connectivity index (χ2n) is 6.13. The van der Waals surface area contributed by atoms with Crippen LogP contribution in [0.2, 0.25) is 0 Å². The van der Waals surface area contributed by atoms with Gasteiger partial charge < -0.3 is 5.32 Å². The minimum atomic E-state index is 0.756. The second-order valence-corrected chi connectivity index (χ2v) is 7.20. The molecule has 0 radical (unpaired) electrons. The molecule has 1 saturated carbocycles. The van der Waals surface area contributed by atoms with Crippen LogP contribution in [0.5, 0.6) is 0 Å². The Morgan fingerprint density at radius 1 is 1.24 bits per heavy atom. The highest BCUT2D eigenvalue weighted by Gasteiger charge is 2.25. The molecule has 0 aromatic carbocycles. The fraction of sp³-hybridized carbons (Fsp3) is 1.00. The SMILES string of the molecule is CCNC(CSCC(C)C)C1CCCC(C)C1. The highest BCUT2D eigenvalue weighted by atomic mass is 32.2. The smallest absolute Gasteiger partial charge is 0.0186 e. The van der Waals surface area contributed by atoms with Crippen molar-refractivity contribution in [1.82, 2.24) is 5.32 Å². The van der Waals surface area contributed by atoms with Crippen LogP contribution in [0.1, 0.15) is 53.4 Å². The number of nitrogens with one attached hydrogen (secondary N) is 1. The predicted octanol–water partition coefficient (Wildman–Crippen LogP) is 4.18. The maximum absolute atomic E-state index is 3.73. The molecule has 1 fully saturated rings. The van der Waals surface area contributed by atoms with E-state index in [1.54, 1.807) is 0 Å². The Morgan fingerprint density at radius 2 is 2.00 bits per heavy atom. The van der Waals surface area contributed by atoms with Gasteiger partial charge in [0.25, 0.3) is 0 Å². The van der Waals surface area contributed by atoms with Crippen molar-refractivity contribution in [2.75, 3.05) is 18.1 Å². The van der Waals surface area contributed by atoms with Gasteiger partial charge in [0.05, 0.1) is 0 Å². The molecular weight excluding hydrogens is 226 g/mol. The van der Waals surface area contributed by atoms with Crippen LogP contribution in [0.15, 0.2) is 0 Å². The number of hydrogen-bond donors (Lipinski definition) is 1. The van der Waals surface area contributed by atoms with Gasteiger partial charge in [-0.15, -0.1) is 0 Å². The van der Waals surface area contributed by atoms with Crippen molar-refractivity contribution in [2.24, 2.45) is 17.8 Å². The number of rotatable bonds is 7. The monoisotopic (exact) mass is 257 g/mol. The van der Waals surface area contributed by atoms with Crippen molar-refractivity contribution in [3.63, 3.8) is 0 Å². The Kier molecular flexibility index (Phi) is 7.61. The van der Waals surface area contributed by atoms with Crippen LogP contribution in [-0.2, 0) is 0 Å². The summed E-state index contributed by atoms with van der Waals surface area (Å²) in [4.78, 5) is 0. The van der Waals surface area contributed by atoms with Gasteiger partial charge in [-0.2, -0.15) is 11.8 Å². The van der Waals surface area contributed by atoms with Gasteiger partial charge >= 0.3 is 0 Å². The molecule has 1 aliphatic carbocycles. The third-order valence-corrected chi connectivity index (χ3v) is 5.26. The molecule has 17 heavy (non-hydrogen) atoms. The first-order valence-electron chi connectivity index (χ1n) is 7.44. The van der Waals surface area contributed by atoms with E-state index in [-0.39, 0.29) is 0 Å². The van der Waals surface area contributed by atoms with E-state index in [1.165, 1.54) is 37.2 Å². The Balaban J connectivity index is 2.35. The predicted molar refractivity (Wildman–Crippen MR) is 80.7 cm³/mol. The largest absolute Gasteiger partial charge is 0.313 e. The summed E-state index contributed by atoms with van der Waals surface area (Å²) in [5, 5.41) is 3.73. The zero-order chi connectivity index (χ0) is 12.7. The van der Waals surface area contributed by atoms with E-state index in [2.05, 4.69) is 44.8 Å². The lowest BCUT2D eigenvalue weighted by Gasteiger charge is -2.33. The first-order valence-corrected chi connectivity index (χ1v) is 8.60. The van der Waals surface area contributed by atoms with Crippen molar-refractivity contribution in [2.45, 2.75) is 59.4 Å². The van der Waals surface area contributed by atoms with E-state index in [0.29, 0.717) is 0 Å². The minimum absolute atomic E-state index is 0.756. The normalized spacial score (nSPS) is 27.4. The molecule has 3 unspecified atom stereocenters. The van der Waals surface area contributed by atoms with Crippen molar-refractivity contribution in [3.05, 3.63) is 0 Å². The van der Waals surface area contributed by atoms with Gasteiger partial charge in [0.2, 0.25) is 0 Å². The van der Waals surface area contributed by atoms with E-state index in [4.69, 9.17) is 0 Å². The van der Waals surface area contributed by atoms with Gasteiger partial charge in [0.15, 0.2) is 0 Å². The fourth-order valence-electron chi connectivity index (χ4n) is 2.90. The molecule has 0 aromatic rings. The zero-order valence-electron chi connectivity index (χ0n) is 12.2. The van der Waals surface area contributed by atoms with Gasteiger partial charge in [-0.1, -0.05) is 40.5 Å². The first-order chi connectivity index (χ1) is 8.13. The van der Waals surface area contributed by atoms with Crippen molar-refractivity contribution < 1.29 is 0 Å². The first kappa shape index (κ1) is 15.4. The Bertz CT molecular complexity index is 193. The van der Waals surface area contributed by atoms with E-state index < -0.39 is 0 Å². The average Bonchev–Trinajstić information content (AvgIpc) is 2.27.